The van der Waals surface area contributed by atoms with Crippen LogP contribution in [0.2, 0.25) is 0 Å². The van der Waals surface area contributed by atoms with Crippen LogP contribution >= 0.6 is 39.9 Å². The number of carbonyl (C=O) groups is 1. The summed E-state index contributed by atoms with van der Waals surface area (Å²) in [6.45, 7) is 2.37. The highest BCUT2D eigenvalue weighted by atomic mass is 79.9. The van der Waals surface area contributed by atoms with Gasteiger partial charge in [-0.15, -0.1) is 0 Å². The molecule has 2 aromatic carbocycles. The van der Waals surface area contributed by atoms with Crippen molar-refractivity contribution >= 4 is 67.6 Å². The summed E-state index contributed by atoms with van der Waals surface area (Å²) in [5, 5.41) is 10.8. The first-order valence-corrected chi connectivity index (χ1v) is 10.4. The number of rotatable bonds is 6. The third-order valence-corrected chi connectivity index (χ3v) is 5.84. The van der Waals surface area contributed by atoms with E-state index in [4.69, 9.17) is 21.7 Å². The summed E-state index contributed by atoms with van der Waals surface area (Å²) in [5.74, 6) is 0.835. The van der Waals surface area contributed by atoms with Gasteiger partial charge in [0.25, 0.3) is 11.6 Å². The topological polar surface area (TPSA) is 81.9 Å². The van der Waals surface area contributed by atoms with Crippen LogP contribution in [0.1, 0.15) is 12.5 Å². The lowest BCUT2D eigenvalue weighted by molar-refractivity contribution is -0.384. The maximum absolute atomic E-state index is 12.9. The number of hydrogen-bond donors (Lipinski definition) is 0. The zero-order valence-electron chi connectivity index (χ0n) is 15.4. The summed E-state index contributed by atoms with van der Waals surface area (Å²) >= 11 is 9.98. The van der Waals surface area contributed by atoms with E-state index in [-0.39, 0.29) is 11.6 Å². The van der Waals surface area contributed by atoms with Crippen LogP contribution in [0.4, 0.5) is 11.4 Å². The number of non-ortho nitro benzene ring substituents is 1. The fourth-order valence-electron chi connectivity index (χ4n) is 2.67. The fraction of sp³-hybridized carbons (Fsp3) is 0.158. The van der Waals surface area contributed by atoms with Gasteiger partial charge >= 0.3 is 0 Å². The van der Waals surface area contributed by atoms with Crippen molar-refractivity contribution in [1.82, 2.24) is 0 Å². The second-order valence-electron chi connectivity index (χ2n) is 5.76. The molecule has 1 fully saturated rings. The highest BCUT2D eigenvalue weighted by Gasteiger charge is 2.33. The zero-order chi connectivity index (χ0) is 21.1. The number of anilines is 1. The minimum atomic E-state index is -0.495. The van der Waals surface area contributed by atoms with Gasteiger partial charge in [0.15, 0.2) is 15.8 Å². The minimum absolute atomic E-state index is 0.0546. The first-order valence-electron chi connectivity index (χ1n) is 8.38. The van der Waals surface area contributed by atoms with E-state index in [0.717, 1.165) is 17.3 Å². The first kappa shape index (κ1) is 21.3. The standard InChI is InChI=1S/C19H15BrN2O5S2/c1-3-27-17-14(20)8-11(9-15(17)26-2)10-16-18(23)21(19(28)29-16)12-4-6-13(7-5-12)22(24)25/h4-10H,3H2,1-2H3/b16-10-. The van der Waals surface area contributed by atoms with E-state index < -0.39 is 4.92 Å². The molecule has 0 saturated carbocycles. The summed E-state index contributed by atoms with van der Waals surface area (Å²) in [4.78, 5) is 25.0. The van der Waals surface area contributed by atoms with Crippen LogP contribution in [0.15, 0.2) is 45.8 Å². The van der Waals surface area contributed by atoms with Gasteiger partial charge in [0, 0.05) is 12.1 Å². The average molecular weight is 495 g/mol. The number of nitro benzene ring substituents is 1. The quantitative estimate of drug-likeness (QED) is 0.237. The van der Waals surface area contributed by atoms with E-state index in [2.05, 4.69) is 15.9 Å². The van der Waals surface area contributed by atoms with Gasteiger partial charge in [-0.2, -0.15) is 0 Å². The first-order chi connectivity index (χ1) is 13.8. The number of nitrogens with zero attached hydrogens (tertiary/aromatic N) is 2. The molecular weight excluding hydrogens is 480 g/mol. The third kappa shape index (κ3) is 4.44. The second-order valence-corrected chi connectivity index (χ2v) is 8.29. The Kier molecular flexibility index (Phi) is 6.56. The van der Waals surface area contributed by atoms with Gasteiger partial charge in [-0.25, -0.2) is 0 Å². The molecule has 1 saturated heterocycles. The molecule has 0 atom stereocenters. The third-order valence-electron chi connectivity index (χ3n) is 3.95. The van der Waals surface area contributed by atoms with Crippen LogP contribution in [0.3, 0.4) is 0 Å². The van der Waals surface area contributed by atoms with Crippen molar-refractivity contribution in [1.29, 1.82) is 0 Å². The highest BCUT2D eigenvalue weighted by Crippen LogP contribution is 2.40. The van der Waals surface area contributed by atoms with Crippen LogP contribution in [0.5, 0.6) is 11.5 Å². The van der Waals surface area contributed by atoms with Crippen LogP contribution in [0, 0.1) is 10.1 Å². The molecule has 0 radical (unpaired) electrons. The molecule has 150 valence electrons. The average Bonchev–Trinajstić information content (AvgIpc) is 2.97. The number of halogens is 1. The van der Waals surface area contributed by atoms with Crippen LogP contribution in [-0.2, 0) is 4.79 Å². The number of ether oxygens (including phenoxy) is 2. The molecule has 0 bridgehead atoms. The number of thiocarbonyl (C=S) groups is 1. The van der Waals surface area contributed by atoms with E-state index in [9.17, 15) is 14.9 Å². The smallest absolute Gasteiger partial charge is 0.270 e. The Hall–Kier alpha value is -2.43. The van der Waals surface area contributed by atoms with Gasteiger partial charge in [-0.3, -0.25) is 19.8 Å². The maximum atomic E-state index is 12.9. The van der Waals surface area contributed by atoms with Gasteiger partial charge in [0.2, 0.25) is 0 Å². The Morgan fingerprint density at radius 2 is 2.00 bits per heavy atom. The molecule has 0 N–H and O–H groups in total. The van der Waals surface area contributed by atoms with Gasteiger partial charge in [0.1, 0.15) is 0 Å². The van der Waals surface area contributed by atoms with Gasteiger partial charge in [-0.05, 0) is 58.8 Å². The van der Waals surface area contributed by atoms with Crippen molar-refractivity contribution in [2.45, 2.75) is 6.92 Å². The maximum Gasteiger partial charge on any atom is 0.270 e. The Bertz CT molecular complexity index is 1020. The van der Waals surface area contributed by atoms with Crippen molar-refractivity contribution in [2.75, 3.05) is 18.6 Å². The monoisotopic (exact) mass is 494 g/mol. The highest BCUT2D eigenvalue weighted by molar-refractivity contribution is 9.10. The number of benzene rings is 2. The lowest BCUT2D eigenvalue weighted by Gasteiger charge is -2.14. The van der Waals surface area contributed by atoms with Crippen molar-refractivity contribution < 1.29 is 19.2 Å². The molecule has 1 heterocycles. The number of amides is 1. The summed E-state index contributed by atoms with van der Waals surface area (Å²) in [7, 11) is 1.54. The van der Waals surface area contributed by atoms with E-state index in [1.165, 1.54) is 29.2 Å². The van der Waals surface area contributed by atoms with Crippen LogP contribution in [0.25, 0.3) is 6.08 Å². The van der Waals surface area contributed by atoms with E-state index >= 15 is 0 Å². The van der Waals surface area contributed by atoms with Gasteiger partial charge in [-0.1, -0.05) is 24.0 Å². The number of nitro groups is 1. The SMILES string of the molecule is CCOc1c(Br)cc(/C=C2\SC(=S)N(c3ccc([N+](=O)[O-])cc3)C2=O)cc1OC. The molecule has 0 spiro atoms. The summed E-state index contributed by atoms with van der Waals surface area (Å²) in [6, 6.07) is 9.28. The molecule has 29 heavy (non-hydrogen) atoms. The Morgan fingerprint density at radius 1 is 1.31 bits per heavy atom. The molecule has 0 aromatic heterocycles. The van der Waals surface area contributed by atoms with Gasteiger partial charge in [0.05, 0.1) is 33.7 Å². The number of thioether (sulfide) groups is 1. The molecule has 3 rings (SSSR count). The van der Waals surface area contributed by atoms with Crippen LogP contribution < -0.4 is 14.4 Å². The number of carbonyl (C=O) groups excluding carboxylic acids is 1. The summed E-state index contributed by atoms with van der Waals surface area (Å²) in [6.07, 6.45) is 1.72. The van der Waals surface area contributed by atoms with Gasteiger partial charge < -0.3 is 9.47 Å². The molecule has 1 aliphatic heterocycles. The minimum Gasteiger partial charge on any atom is -0.493 e. The lowest BCUT2D eigenvalue weighted by atomic mass is 10.1. The molecule has 2 aromatic rings. The molecule has 1 amide bonds. The summed E-state index contributed by atoms with van der Waals surface area (Å²) < 4.78 is 12.0. The van der Waals surface area contributed by atoms with Crippen molar-refractivity contribution in [3.05, 3.63) is 61.5 Å². The van der Waals surface area contributed by atoms with Crippen molar-refractivity contribution in [3.8, 4) is 11.5 Å². The predicted octanol–water partition coefficient (Wildman–Crippen LogP) is 5.17. The second kappa shape index (κ2) is 8.93. The zero-order valence-corrected chi connectivity index (χ0v) is 18.6. The largest absolute Gasteiger partial charge is 0.493 e. The Labute approximate surface area is 184 Å². The lowest BCUT2D eigenvalue weighted by Crippen LogP contribution is -2.27. The Balaban J connectivity index is 1.92. The molecule has 0 aliphatic carbocycles. The van der Waals surface area contributed by atoms with E-state index in [0.29, 0.717) is 37.5 Å². The Morgan fingerprint density at radius 3 is 2.59 bits per heavy atom. The summed E-state index contributed by atoms with van der Waals surface area (Å²) in [5.41, 5.74) is 1.16. The van der Waals surface area contributed by atoms with Crippen LogP contribution in [-0.4, -0.2) is 28.9 Å². The fourth-order valence-corrected chi connectivity index (χ4v) is 4.55. The van der Waals surface area contributed by atoms with E-state index in [1.807, 2.05) is 13.0 Å². The normalized spacial score (nSPS) is 15.1. The molecular formula is C19H15BrN2O5S2. The molecule has 0 unspecified atom stereocenters. The van der Waals surface area contributed by atoms with Crippen molar-refractivity contribution in [2.24, 2.45) is 0 Å². The predicted molar refractivity (Wildman–Crippen MR) is 121 cm³/mol. The van der Waals surface area contributed by atoms with E-state index in [1.54, 1.807) is 19.3 Å². The molecule has 7 nitrogen and oxygen atoms in total. The van der Waals surface area contributed by atoms with Crippen molar-refractivity contribution in [3.63, 3.8) is 0 Å². The molecule has 10 heteroatoms. The number of hydrogen-bond acceptors (Lipinski definition) is 7. The number of methoxy groups -OCH3 is 1. The molecule has 1 aliphatic rings.